The Labute approximate surface area is 111 Å². The first kappa shape index (κ1) is 14.7. The number of nitrogens with one attached hydrogen (secondary N) is 1. The zero-order valence-electron chi connectivity index (χ0n) is 12.2. The van der Waals surface area contributed by atoms with E-state index in [0.717, 1.165) is 23.7 Å². The molecule has 0 aliphatic rings. The summed E-state index contributed by atoms with van der Waals surface area (Å²) in [5.41, 5.74) is 7.64. The van der Waals surface area contributed by atoms with Crippen molar-refractivity contribution >= 4 is 11.4 Å². The van der Waals surface area contributed by atoms with E-state index in [1.807, 2.05) is 32.0 Å². The fourth-order valence-electron chi connectivity index (χ4n) is 1.58. The van der Waals surface area contributed by atoms with E-state index >= 15 is 0 Å². The number of benzene rings is 1. The molecule has 0 spiro atoms. The zero-order valence-corrected chi connectivity index (χ0v) is 12.2. The van der Waals surface area contributed by atoms with Crippen molar-refractivity contribution in [2.24, 2.45) is 11.8 Å². The summed E-state index contributed by atoms with van der Waals surface area (Å²) in [6.45, 7) is 11.7. The summed E-state index contributed by atoms with van der Waals surface area (Å²) in [6.07, 6.45) is 0.161. The van der Waals surface area contributed by atoms with Crippen LogP contribution in [-0.4, -0.2) is 12.6 Å². The molecule has 18 heavy (non-hydrogen) atoms. The van der Waals surface area contributed by atoms with Crippen LogP contribution in [-0.2, 0) is 0 Å². The molecular weight excluding hydrogens is 224 g/mol. The van der Waals surface area contributed by atoms with Gasteiger partial charge in [0.2, 0.25) is 0 Å². The van der Waals surface area contributed by atoms with Crippen molar-refractivity contribution in [3.63, 3.8) is 0 Å². The number of rotatable bonds is 6. The fourth-order valence-corrected chi connectivity index (χ4v) is 1.58. The van der Waals surface area contributed by atoms with E-state index in [2.05, 4.69) is 26.1 Å². The average molecular weight is 250 g/mol. The van der Waals surface area contributed by atoms with Gasteiger partial charge in [-0.3, -0.25) is 0 Å². The summed E-state index contributed by atoms with van der Waals surface area (Å²) >= 11 is 0. The second-order valence-electron chi connectivity index (χ2n) is 5.56. The number of hydrogen-bond acceptors (Lipinski definition) is 3. The summed E-state index contributed by atoms with van der Waals surface area (Å²) in [5, 5.41) is 3.42. The van der Waals surface area contributed by atoms with Gasteiger partial charge in [-0.1, -0.05) is 20.8 Å². The van der Waals surface area contributed by atoms with Crippen LogP contribution in [0.3, 0.4) is 0 Å². The van der Waals surface area contributed by atoms with Crippen molar-refractivity contribution in [2.75, 3.05) is 17.6 Å². The Morgan fingerprint density at radius 1 is 1.11 bits per heavy atom. The van der Waals surface area contributed by atoms with Crippen molar-refractivity contribution < 1.29 is 4.74 Å². The lowest BCUT2D eigenvalue weighted by molar-refractivity contribution is 0.242. The Morgan fingerprint density at radius 3 is 2.33 bits per heavy atom. The van der Waals surface area contributed by atoms with Crippen LogP contribution >= 0.6 is 0 Å². The van der Waals surface area contributed by atoms with Gasteiger partial charge in [0.25, 0.3) is 0 Å². The molecule has 1 aromatic carbocycles. The standard InChI is InChI=1S/C15H26N2O/c1-10(2)12(5)9-17-14-6-13(16)7-15(8-14)18-11(3)4/h6-8,10-12,17H,9,16H2,1-5H3. The molecule has 0 fully saturated rings. The molecule has 0 aliphatic carbocycles. The predicted octanol–water partition coefficient (Wildman–Crippen LogP) is 3.76. The summed E-state index contributed by atoms with van der Waals surface area (Å²) in [4.78, 5) is 0. The van der Waals surface area contributed by atoms with Crippen LogP contribution in [0, 0.1) is 11.8 Å². The summed E-state index contributed by atoms with van der Waals surface area (Å²) in [5.74, 6) is 2.12. The van der Waals surface area contributed by atoms with Crippen molar-refractivity contribution in [2.45, 2.75) is 40.7 Å². The van der Waals surface area contributed by atoms with Gasteiger partial charge in [0.1, 0.15) is 5.75 Å². The number of hydrogen-bond donors (Lipinski definition) is 2. The van der Waals surface area contributed by atoms with E-state index in [-0.39, 0.29) is 6.10 Å². The van der Waals surface area contributed by atoms with Gasteiger partial charge in [0, 0.05) is 30.1 Å². The van der Waals surface area contributed by atoms with Crippen LogP contribution in [0.1, 0.15) is 34.6 Å². The SMILES string of the molecule is CC(C)Oc1cc(N)cc(NCC(C)C(C)C)c1. The van der Waals surface area contributed by atoms with E-state index in [0.29, 0.717) is 11.8 Å². The van der Waals surface area contributed by atoms with E-state index in [4.69, 9.17) is 10.5 Å². The number of ether oxygens (including phenoxy) is 1. The molecule has 0 saturated carbocycles. The lowest BCUT2D eigenvalue weighted by Crippen LogP contribution is -2.16. The molecular formula is C15H26N2O. The van der Waals surface area contributed by atoms with Crippen molar-refractivity contribution in [3.05, 3.63) is 18.2 Å². The van der Waals surface area contributed by atoms with Gasteiger partial charge in [0.15, 0.2) is 0 Å². The first-order valence-electron chi connectivity index (χ1n) is 6.69. The number of anilines is 2. The third kappa shape index (κ3) is 4.86. The highest BCUT2D eigenvalue weighted by molar-refractivity contribution is 5.59. The van der Waals surface area contributed by atoms with Crippen LogP contribution < -0.4 is 15.8 Å². The lowest BCUT2D eigenvalue weighted by atomic mass is 9.98. The Hall–Kier alpha value is -1.38. The second-order valence-corrected chi connectivity index (χ2v) is 5.56. The summed E-state index contributed by atoms with van der Waals surface area (Å²) in [6, 6.07) is 5.81. The smallest absolute Gasteiger partial charge is 0.123 e. The number of nitrogens with two attached hydrogens (primary N) is 1. The Bertz CT molecular complexity index is 375. The molecule has 0 heterocycles. The van der Waals surface area contributed by atoms with Gasteiger partial charge < -0.3 is 15.8 Å². The quantitative estimate of drug-likeness (QED) is 0.756. The largest absolute Gasteiger partial charge is 0.491 e. The highest BCUT2D eigenvalue weighted by Gasteiger charge is 2.07. The molecule has 0 aromatic heterocycles. The number of nitrogen functional groups attached to an aromatic ring is 1. The molecule has 3 nitrogen and oxygen atoms in total. The normalized spacial score (nSPS) is 12.8. The average Bonchev–Trinajstić information content (AvgIpc) is 2.23. The van der Waals surface area contributed by atoms with Crippen LogP contribution in [0.15, 0.2) is 18.2 Å². The maximum Gasteiger partial charge on any atom is 0.123 e. The van der Waals surface area contributed by atoms with Gasteiger partial charge in [-0.15, -0.1) is 0 Å². The van der Waals surface area contributed by atoms with Crippen molar-refractivity contribution in [1.82, 2.24) is 0 Å². The molecule has 1 rings (SSSR count). The molecule has 1 unspecified atom stereocenters. The first-order valence-corrected chi connectivity index (χ1v) is 6.69. The summed E-state index contributed by atoms with van der Waals surface area (Å²) in [7, 11) is 0. The molecule has 0 amide bonds. The lowest BCUT2D eigenvalue weighted by Gasteiger charge is -2.18. The minimum atomic E-state index is 0.161. The molecule has 0 saturated heterocycles. The molecule has 3 heteroatoms. The van der Waals surface area contributed by atoms with Crippen molar-refractivity contribution in [1.29, 1.82) is 0 Å². The van der Waals surface area contributed by atoms with Crippen LogP contribution in [0.4, 0.5) is 11.4 Å². The van der Waals surface area contributed by atoms with Gasteiger partial charge in [-0.2, -0.15) is 0 Å². The molecule has 102 valence electrons. The van der Waals surface area contributed by atoms with E-state index < -0.39 is 0 Å². The highest BCUT2D eigenvalue weighted by Crippen LogP contribution is 2.24. The highest BCUT2D eigenvalue weighted by atomic mass is 16.5. The molecule has 3 N–H and O–H groups in total. The van der Waals surface area contributed by atoms with Crippen LogP contribution in [0.2, 0.25) is 0 Å². The van der Waals surface area contributed by atoms with Crippen LogP contribution in [0.5, 0.6) is 5.75 Å². The molecule has 0 aliphatic heterocycles. The van der Waals surface area contributed by atoms with Gasteiger partial charge in [-0.05, 0) is 31.7 Å². The molecule has 0 bridgehead atoms. The maximum atomic E-state index is 5.88. The monoisotopic (exact) mass is 250 g/mol. The summed E-state index contributed by atoms with van der Waals surface area (Å²) < 4.78 is 5.67. The van der Waals surface area contributed by atoms with Gasteiger partial charge >= 0.3 is 0 Å². The minimum absolute atomic E-state index is 0.161. The fraction of sp³-hybridized carbons (Fsp3) is 0.600. The first-order chi connectivity index (χ1) is 8.38. The minimum Gasteiger partial charge on any atom is -0.491 e. The molecule has 0 radical (unpaired) electrons. The maximum absolute atomic E-state index is 5.88. The second kappa shape index (κ2) is 6.53. The third-order valence-electron chi connectivity index (χ3n) is 3.07. The van der Waals surface area contributed by atoms with E-state index in [1.165, 1.54) is 0 Å². The van der Waals surface area contributed by atoms with Crippen LogP contribution in [0.25, 0.3) is 0 Å². The van der Waals surface area contributed by atoms with E-state index in [1.54, 1.807) is 0 Å². The third-order valence-corrected chi connectivity index (χ3v) is 3.07. The molecule has 1 atom stereocenters. The van der Waals surface area contributed by atoms with Crippen molar-refractivity contribution in [3.8, 4) is 5.75 Å². The predicted molar refractivity (Wildman–Crippen MR) is 79.1 cm³/mol. The molecule has 1 aromatic rings. The Morgan fingerprint density at radius 2 is 1.78 bits per heavy atom. The Kier molecular flexibility index (Phi) is 5.32. The van der Waals surface area contributed by atoms with E-state index in [9.17, 15) is 0 Å². The van der Waals surface area contributed by atoms with Gasteiger partial charge in [-0.25, -0.2) is 0 Å². The Balaban J connectivity index is 2.68. The topological polar surface area (TPSA) is 47.3 Å². The zero-order chi connectivity index (χ0) is 13.7. The van der Waals surface area contributed by atoms with Gasteiger partial charge in [0.05, 0.1) is 6.10 Å².